The minimum Gasteiger partial charge on any atom is -0.459 e. The SMILES string of the molecule is CC(O)C(=O)O[C@@H]1[C@H]2CC[C@H]3[C@@](C)(O)[C@@H]4[C@@H]5O[C@@H]5C(C)(C)[C@@]4(O)[C@H](O)C(=O)[C@@]13C[C@@]2(C)O. The number of rotatable bonds is 2. The summed E-state index contributed by atoms with van der Waals surface area (Å²) in [5.74, 6) is -4.01. The van der Waals surface area contributed by atoms with Gasteiger partial charge in [-0.3, -0.25) is 4.79 Å². The second kappa shape index (κ2) is 6.12. The molecule has 1 aliphatic heterocycles. The van der Waals surface area contributed by atoms with Crippen LogP contribution >= 0.6 is 0 Å². The van der Waals surface area contributed by atoms with Crippen molar-refractivity contribution in [3.63, 3.8) is 0 Å². The zero-order valence-electron chi connectivity index (χ0n) is 19.1. The van der Waals surface area contributed by atoms with Crippen LogP contribution in [-0.4, -0.2) is 84.6 Å². The quantitative estimate of drug-likeness (QED) is 0.269. The fourth-order valence-corrected chi connectivity index (χ4v) is 8.33. The second-order valence-electron chi connectivity index (χ2n) is 11.9. The van der Waals surface area contributed by atoms with E-state index in [9.17, 15) is 35.1 Å². The van der Waals surface area contributed by atoms with Crippen molar-refractivity contribution in [3.05, 3.63) is 0 Å². The summed E-state index contributed by atoms with van der Waals surface area (Å²) >= 11 is 0. The van der Waals surface area contributed by atoms with Gasteiger partial charge < -0.3 is 35.0 Å². The highest BCUT2D eigenvalue weighted by Crippen LogP contribution is 2.72. The Morgan fingerprint density at radius 3 is 2.38 bits per heavy atom. The van der Waals surface area contributed by atoms with Crippen LogP contribution < -0.4 is 0 Å². The lowest BCUT2D eigenvalue weighted by atomic mass is 9.57. The normalized spacial score (nSPS) is 58.3. The van der Waals surface area contributed by atoms with Crippen molar-refractivity contribution < 1.29 is 44.6 Å². The van der Waals surface area contributed by atoms with Crippen LogP contribution in [0.25, 0.3) is 0 Å². The summed E-state index contributed by atoms with van der Waals surface area (Å²) in [6.07, 6.45) is -4.76. The summed E-state index contributed by atoms with van der Waals surface area (Å²) in [5.41, 5.74) is -7.65. The third kappa shape index (κ3) is 2.30. The molecule has 4 saturated carbocycles. The van der Waals surface area contributed by atoms with E-state index in [2.05, 4.69) is 0 Å². The van der Waals surface area contributed by atoms with Crippen LogP contribution in [0.1, 0.15) is 53.9 Å². The molecule has 2 bridgehead atoms. The molecule has 4 aliphatic carbocycles. The smallest absolute Gasteiger partial charge is 0.334 e. The number of hydrogen-bond donors (Lipinski definition) is 5. The largest absolute Gasteiger partial charge is 0.459 e. The van der Waals surface area contributed by atoms with E-state index in [1.165, 1.54) is 6.92 Å². The number of aliphatic hydroxyl groups excluding tert-OH is 2. The first-order chi connectivity index (χ1) is 14.6. The van der Waals surface area contributed by atoms with Crippen molar-refractivity contribution in [2.45, 2.75) is 101 Å². The van der Waals surface area contributed by atoms with E-state index >= 15 is 0 Å². The number of hydrogen-bond acceptors (Lipinski definition) is 9. The maximum atomic E-state index is 14.1. The van der Waals surface area contributed by atoms with E-state index in [0.717, 1.165) is 0 Å². The van der Waals surface area contributed by atoms with Gasteiger partial charge in [-0.2, -0.15) is 0 Å². The molecule has 5 aliphatic rings. The van der Waals surface area contributed by atoms with Crippen molar-refractivity contribution in [2.24, 2.45) is 28.6 Å². The molecule has 9 heteroatoms. The monoisotopic (exact) mass is 454 g/mol. The van der Waals surface area contributed by atoms with Crippen molar-refractivity contribution >= 4 is 11.8 Å². The van der Waals surface area contributed by atoms with Gasteiger partial charge in [0.25, 0.3) is 0 Å². The fourth-order valence-electron chi connectivity index (χ4n) is 8.33. The predicted molar refractivity (Wildman–Crippen MR) is 108 cm³/mol. The lowest BCUT2D eigenvalue weighted by Crippen LogP contribution is -2.63. The molecule has 32 heavy (non-hydrogen) atoms. The Hall–Kier alpha value is -1.10. The van der Waals surface area contributed by atoms with Crippen LogP contribution in [0.5, 0.6) is 0 Å². The van der Waals surface area contributed by atoms with Crippen LogP contribution in [0.2, 0.25) is 0 Å². The van der Waals surface area contributed by atoms with Gasteiger partial charge in [-0.25, -0.2) is 4.79 Å². The molecule has 0 aromatic carbocycles. The lowest BCUT2D eigenvalue weighted by molar-refractivity contribution is -0.222. The minimum atomic E-state index is -1.96. The maximum Gasteiger partial charge on any atom is 0.334 e. The van der Waals surface area contributed by atoms with Crippen molar-refractivity contribution in [3.8, 4) is 0 Å². The van der Waals surface area contributed by atoms with Crippen molar-refractivity contribution in [1.29, 1.82) is 0 Å². The Morgan fingerprint density at radius 1 is 1.16 bits per heavy atom. The average molecular weight is 455 g/mol. The summed E-state index contributed by atoms with van der Waals surface area (Å²) in [7, 11) is 0. The molecule has 1 unspecified atom stereocenters. The topological polar surface area (TPSA) is 157 Å². The number of esters is 1. The van der Waals surface area contributed by atoms with E-state index in [0.29, 0.717) is 12.8 Å². The molecule has 0 radical (unpaired) electrons. The maximum absolute atomic E-state index is 14.1. The summed E-state index contributed by atoms with van der Waals surface area (Å²) in [6, 6.07) is 0. The van der Waals surface area contributed by atoms with Crippen LogP contribution in [0.15, 0.2) is 0 Å². The van der Waals surface area contributed by atoms with Gasteiger partial charge in [0, 0.05) is 23.2 Å². The average Bonchev–Trinajstić information content (AvgIpc) is 3.41. The first kappa shape index (κ1) is 22.7. The van der Waals surface area contributed by atoms with Gasteiger partial charge in [0.05, 0.1) is 28.8 Å². The molecular formula is C23H34O9. The van der Waals surface area contributed by atoms with E-state index in [1.807, 2.05) is 0 Å². The van der Waals surface area contributed by atoms with E-state index in [4.69, 9.17) is 9.47 Å². The zero-order chi connectivity index (χ0) is 23.8. The first-order valence-electron chi connectivity index (χ1n) is 11.5. The van der Waals surface area contributed by atoms with Gasteiger partial charge >= 0.3 is 5.97 Å². The second-order valence-corrected chi connectivity index (χ2v) is 11.9. The third-order valence-electron chi connectivity index (χ3n) is 9.83. The summed E-state index contributed by atoms with van der Waals surface area (Å²) in [5, 5.41) is 56.4. The Bertz CT molecular complexity index is 879. The van der Waals surface area contributed by atoms with Gasteiger partial charge in [0.2, 0.25) is 0 Å². The van der Waals surface area contributed by atoms with E-state index < -0.39 is 87.7 Å². The molecule has 5 N–H and O–H groups in total. The molecule has 1 saturated heterocycles. The molecule has 0 aromatic rings. The Labute approximate surface area is 186 Å². The molecule has 5 rings (SSSR count). The molecule has 180 valence electrons. The highest BCUT2D eigenvalue weighted by molar-refractivity contribution is 5.93. The highest BCUT2D eigenvalue weighted by Gasteiger charge is 2.85. The molecule has 0 aromatic heterocycles. The van der Waals surface area contributed by atoms with Crippen LogP contribution in [0, 0.1) is 28.6 Å². The van der Waals surface area contributed by atoms with Gasteiger partial charge in [-0.05, 0) is 40.0 Å². The third-order valence-corrected chi connectivity index (χ3v) is 9.83. The van der Waals surface area contributed by atoms with Crippen LogP contribution in [-0.2, 0) is 19.1 Å². The standard InChI is InChI=1S/C23H34O9/c1-9(24)18(27)32-16-10-6-7-11-21(5,29)13-12-17(31-12)19(2,3)23(13,30)15(26)14(25)22(11,16)8-20(10,4)28/h9-13,15-17,24,26,28-30H,6-8H2,1-5H3/t9?,10-,11+,12+,13+,15-,16-,17+,20-,21-,22+,23+/m1/s1. The van der Waals surface area contributed by atoms with E-state index in [-0.39, 0.29) is 6.42 Å². The molecule has 1 heterocycles. The number of carbonyl (C=O) groups excluding carboxylic acids is 2. The lowest BCUT2D eigenvalue weighted by Gasteiger charge is -2.51. The number of aliphatic hydroxyl groups is 5. The number of ketones is 1. The zero-order valence-corrected chi connectivity index (χ0v) is 19.1. The molecule has 0 amide bonds. The number of ether oxygens (including phenoxy) is 2. The highest BCUT2D eigenvalue weighted by atomic mass is 16.6. The Morgan fingerprint density at radius 2 is 1.78 bits per heavy atom. The van der Waals surface area contributed by atoms with Crippen molar-refractivity contribution in [1.82, 2.24) is 0 Å². The summed E-state index contributed by atoms with van der Waals surface area (Å²) < 4.78 is 11.4. The number of fused-ring (bicyclic) bond motifs is 4. The number of epoxide rings is 1. The van der Waals surface area contributed by atoms with Gasteiger partial charge in [0.15, 0.2) is 5.78 Å². The fraction of sp³-hybridized carbons (Fsp3) is 0.913. The Kier molecular flexibility index (Phi) is 4.33. The molecule has 9 nitrogen and oxygen atoms in total. The Balaban J connectivity index is 1.71. The van der Waals surface area contributed by atoms with Crippen LogP contribution in [0.3, 0.4) is 0 Å². The minimum absolute atomic E-state index is 0.128. The molecule has 5 fully saturated rings. The predicted octanol–water partition coefficient (Wildman–Crippen LogP) is -0.705. The first-order valence-corrected chi connectivity index (χ1v) is 11.5. The molecular weight excluding hydrogens is 420 g/mol. The van der Waals surface area contributed by atoms with Crippen LogP contribution in [0.4, 0.5) is 0 Å². The van der Waals surface area contributed by atoms with Gasteiger partial charge in [0.1, 0.15) is 23.9 Å². The molecule has 12 atom stereocenters. The number of carbonyl (C=O) groups is 2. The summed E-state index contributed by atoms with van der Waals surface area (Å²) in [6.45, 7) is 7.81. The summed E-state index contributed by atoms with van der Waals surface area (Å²) in [4.78, 5) is 26.5. The van der Waals surface area contributed by atoms with E-state index in [1.54, 1.807) is 27.7 Å². The number of Topliss-reactive ketones (excluding diaryl/α,β-unsaturated/α-hetero) is 1. The van der Waals surface area contributed by atoms with Crippen molar-refractivity contribution in [2.75, 3.05) is 0 Å². The van der Waals surface area contributed by atoms with Gasteiger partial charge in [-0.1, -0.05) is 13.8 Å². The molecule has 1 spiro atoms. The van der Waals surface area contributed by atoms with Gasteiger partial charge in [-0.15, -0.1) is 0 Å².